The Morgan fingerprint density at radius 2 is 2.12 bits per heavy atom. The first kappa shape index (κ1) is 12.7. The summed E-state index contributed by atoms with van der Waals surface area (Å²) in [6, 6.07) is 5.92. The molecular weight excluding hydrogens is 325 g/mol. The number of halogens is 2. The molecule has 0 amide bonds. The van der Waals surface area contributed by atoms with Gasteiger partial charge >= 0.3 is 0 Å². The minimum Gasteiger partial charge on any atom is -0.399 e. The van der Waals surface area contributed by atoms with Gasteiger partial charge in [-0.25, -0.2) is 4.39 Å². The van der Waals surface area contributed by atoms with Crippen LogP contribution in [0.3, 0.4) is 0 Å². The van der Waals surface area contributed by atoms with Crippen LogP contribution in [-0.2, 0) is 16.6 Å². The Kier molecular flexibility index (Phi) is 3.96. The van der Waals surface area contributed by atoms with Crippen LogP contribution in [-0.4, -0.2) is 4.21 Å². The zero-order chi connectivity index (χ0) is 12.4. The van der Waals surface area contributed by atoms with Crippen molar-refractivity contribution < 1.29 is 8.60 Å². The van der Waals surface area contributed by atoms with Crippen LogP contribution in [0.15, 0.2) is 39.0 Å². The molecule has 17 heavy (non-hydrogen) atoms. The van der Waals surface area contributed by atoms with Crippen LogP contribution >= 0.6 is 27.3 Å². The van der Waals surface area contributed by atoms with E-state index in [1.165, 1.54) is 23.5 Å². The van der Waals surface area contributed by atoms with Gasteiger partial charge in [-0.1, -0.05) is 0 Å². The van der Waals surface area contributed by atoms with Crippen molar-refractivity contribution in [3.63, 3.8) is 0 Å². The van der Waals surface area contributed by atoms with Gasteiger partial charge in [-0.2, -0.15) is 0 Å². The zero-order valence-electron chi connectivity index (χ0n) is 8.65. The van der Waals surface area contributed by atoms with Crippen molar-refractivity contribution in [2.24, 2.45) is 0 Å². The van der Waals surface area contributed by atoms with Gasteiger partial charge in [0.15, 0.2) is 0 Å². The van der Waals surface area contributed by atoms with Crippen molar-refractivity contribution in [2.75, 3.05) is 5.73 Å². The highest BCUT2D eigenvalue weighted by molar-refractivity contribution is 9.10. The quantitative estimate of drug-likeness (QED) is 0.873. The SMILES string of the molecule is Nc1cc(F)cc(S(=O)Cc2cc(Br)cs2)c1. The van der Waals surface area contributed by atoms with Crippen LogP contribution in [0.4, 0.5) is 10.1 Å². The van der Waals surface area contributed by atoms with Crippen LogP contribution in [0.5, 0.6) is 0 Å². The number of hydrogen-bond acceptors (Lipinski definition) is 3. The van der Waals surface area contributed by atoms with E-state index < -0.39 is 16.6 Å². The Morgan fingerprint density at radius 3 is 2.71 bits per heavy atom. The topological polar surface area (TPSA) is 43.1 Å². The number of thiophene rings is 1. The summed E-state index contributed by atoms with van der Waals surface area (Å²) in [4.78, 5) is 1.41. The second-order valence-corrected chi connectivity index (χ2v) is 6.80. The van der Waals surface area contributed by atoms with Crippen LogP contribution in [0.1, 0.15) is 4.88 Å². The van der Waals surface area contributed by atoms with Gasteiger partial charge in [-0.15, -0.1) is 11.3 Å². The standard InChI is InChI=1S/C11H9BrFNOS2/c12-7-1-10(16-5-7)6-17(15)11-3-8(13)2-9(14)4-11/h1-5H,6,14H2. The smallest absolute Gasteiger partial charge is 0.126 e. The summed E-state index contributed by atoms with van der Waals surface area (Å²) in [6.45, 7) is 0. The highest BCUT2D eigenvalue weighted by Crippen LogP contribution is 2.23. The molecule has 1 unspecified atom stereocenters. The molecule has 0 saturated carbocycles. The monoisotopic (exact) mass is 333 g/mol. The third-order valence-electron chi connectivity index (χ3n) is 2.05. The largest absolute Gasteiger partial charge is 0.399 e. The first-order chi connectivity index (χ1) is 8.04. The Labute approximate surface area is 113 Å². The fourth-order valence-corrected chi connectivity index (χ4v) is 4.21. The molecule has 0 bridgehead atoms. The number of hydrogen-bond donors (Lipinski definition) is 1. The van der Waals surface area contributed by atoms with Gasteiger partial charge in [-0.05, 0) is 40.2 Å². The number of nitrogen functional groups attached to an aromatic ring is 1. The summed E-state index contributed by atoms with van der Waals surface area (Å²) in [5.41, 5.74) is 5.81. The maximum Gasteiger partial charge on any atom is 0.126 e. The molecule has 6 heteroatoms. The average Bonchev–Trinajstić information content (AvgIpc) is 2.62. The van der Waals surface area contributed by atoms with E-state index in [2.05, 4.69) is 15.9 Å². The van der Waals surface area contributed by atoms with E-state index in [1.54, 1.807) is 6.07 Å². The van der Waals surface area contributed by atoms with Gasteiger partial charge < -0.3 is 5.73 Å². The molecular formula is C11H9BrFNOS2. The molecule has 1 aromatic heterocycles. The third kappa shape index (κ3) is 3.37. The summed E-state index contributed by atoms with van der Waals surface area (Å²) in [6.07, 6.45) is 0. The minimum atomic E-state index is -1.27. The summed E-state index contributed by atoms with van der Waals surface area (Å²) in [5, 5.41) is 1.92. The predicted octanol–water partition coefficient (Wildman–Crippen LogP) is 3.54. The van der Waals surface area contributed by atoms with Gasteiger partial charge in [0.05, 0.1) is 16.6 Å². The molecule has 1 heterocycles. The summed E-state index contributed by atoms with van der Waals surface area (Å²) in [7, 11) is -1.27. The minimum absolute atomic E-state index is 0.292. The second kappa shape index (κ2) is 5.29. The molecule has 2 nitrogen and oxygen atoms in total. The molecule has 2 aromatic rings. The molecule has 0 spiro atoms. The van der Waals surface area contributed by atoms with Crippen molar-refractivity contribution in [1.29, 1.82) is 0 Å². The Morgan fingerprint density at radius 1 is 1.35 bits per heavy atom. The average molecular weight is 334 g/mol. The number of rotatable bonds is 3. The van der Waals surface area contributed by atoms with Gasteiger partial charge in [0, 0.05) is 25.3 Å². The number of benzene rings is 1. The molecule has 1 aromatic carbocycles. The van der Waals surface area contributed by atoms with E-state index in [1.807, 2.05) is 11.4 Å². The van der Waals surface area contributed by atoms with Crippen molar-refractivity contribution in [2.45, 2.75) is 10.6 Å². The maximum absolute atomic E-state index is 13.1. The third-order valence-corrected chi connectivity index (χ3v) is 5.27. The first-order valence-electron chi connectivity index (χ1n) is 4.72. The van der Waals surface area contributed by atoms with E-state index in [0.717, 1.165) is 9.35 Å². The van der Waals surface area contributed by atoms with Crippen molar-refractivity contribution in [3.8, 4) is 0 Å². The van der Waals surface area contributed by atoms with Crippen molar-refractivity contribution >= 4 is 43.8 Å². The molecule has 0 saturated heterocycles. The zero-order valence-corrected chi connectivity index (χ0v) is 11.9. The van der Waals surface area contributed by atoms with Crippen molar-refractivity contribution in [3.05, 3.63) is 44.8 Å². The van der Waals surface area contributed by atoms with E-state index in [-0.39, 0.29) is 0 Å². The molecule has 90 valence electrons. The van der Waals surface area contributed by atoms with E-state index >= 15 is 0 Å². The maximum atomic E-state index is 13.1. The lowest BCUT2D eigenvalue weighted by molar-refractivity contribution is 0.623. The summed E-state index contributed by atoms with van der Waals surface area (Å²) < 4.78 is 26.1. The van der Waals surface area contributed by atoms with E-state index in [9.17, 15) is 8.60 Å². The fourth-order valence-electron chi connectivity index (χ4n) is 1.36. The summed E-state index contributed by atoms with van der Waals surface area (Å²) in [5.74, 6) is -0.0835. The Hall–Kier alpha value is -0.720. The molecule has 0 aliphatic heterocycles. The van der Waals surface area contributed by atoms with Crippen LogP contribution in [0, 0.1) is 5.82 Å². The molecule has 0 aliphatic carbocycles. The van der Waals surface area contributed by atoms with Gasteiger partial charge in [-0.3, -0.25) is 4.21 Å². The Bertz CT molecular complexity index is 550. The first-order valence-corrected chi connectivity index (χ1v) is 7.71. The molecule has 0 radical (unpaired) electrons. The number of anilines is 1. The van der Waals surface area contributed by atoms with E-state index in [0.29, 0.717) is 16.3 Å². The molecule has 0 fully saturated rings. The Balaban J connectivity index is 2.19. The van der Waals surface area contributed by atoms with Crippen molar-refractivity contribution in [1.82, 2.24) is 0 Å². The fraction of sp³-hybridized carbons (Fsp3) is 0.0909. The van der Waals surface area contributed by atoms with Crippen LogP contribution in [0.25, 0.3) is 0 Å². The highest BCUT2D eigenvalue weighted by atomic mass is 79.9. The predicted molar refractivity (Wildman–Crippen MR) is 72.9 cm³/mol. The highest BCUT2D eigenvalue weighted by Gasteiger charge is 2.09. The molecule has 2 rings (SSSR count). The lowest BCUT2D eigenvalue weighted by Crippen LogP contribution is -1.97. The van der Waals surface area contributed by atoms with Gasteiger partial charge in [0.25, 0.3) is 0 Å². The molecule has 2 N–H and O–H groups in total. The van der Waals surface area contributed by atoms with Crippen LogP contribution in [0.2, 0.25) is 0 Å². The molecule has 1 atom stereocenters. The van der Waals surface area contributed by atoms with Gasteiger partial charge in [0.2, 0.25) is 0 Å². The van der Waals surface area contributed by atoms with Gasteiger partial charge in [0.1, 0.15) is 5.82 Å². The van der Waals surface area contributed by atoms with E-state index in [4.69, 9.17) is 5.73 Å². The normalized spacial score (nSPS) is 12.6. The summed E-state index contributed by atoms with van der Waals surface area (Å²) >= 11 is 4.85. The second-order valence-electron chi connectivity index (χ2n) is 3.44. The van der Waals surface area contributed by atoms with Crippen LogP contribution < -0.4 is 5.73 Å². The lowest BCUT2D eigenvalue weighted by atomic mass is 10.3. The number of nitrogens with two attached hydrogens (primary N) is 1. The molecule has 0 aliphatic rings. The lowest BCUT2D eigenvalue weighted by Gasteiger charge is -2.02.